The highest BCUT2D eigenvalue weighted by molar-refractivity contribution is 7.22. The van der Waals surface area contributed by atoms with Crippen molar-refractivity contribution in [1.82, 2.24) is 4.98 Å². The minimum Gasteiger partial charge on any atom is -0.329 e. The lowest BCUT2D eigenvalue weighted by molar-refractivity contribution is 0.629. The predicted molar refractivity (Wildman–Crippen MR) is 84.3 cm³/mol. The van der Waals surface area contributed by atoms with Crippen molar-refractivity contribution in [1.29, 1.82) is 0 Å². The first-order valence-electron chi connectivity index (χ1n) is 5.50. The van der Waals surface area contributed by atoms with Gasteiger partial charge in [-0.25, -0.2) is 9.37 Å². The van der Waals surface area contributed by atoms with Crippen LogP contribution in [-0.2, 0) is 0 Å². The summed E-state index contributed by atoms with van der Waals surface area (Å²) in [5.74, 6) is -0.322. The molecule has 0 saturated heterocycles. The van der Waals surface area contributed by atoms with Gasteiger partial charge in [0, 0.05) is 11.1 Å². The molecule has 0 saturated carbocycles. The van der Waals surface area contributed by atoms with E-state index in [9.17, 15) is 4.39 Å². The van der Waals surface area contributed by atoms with E-state index >= 15 is 0 Å². The van der Waals surface area contributed by atoms with Gasteiger partial charge in [0.2, 0.25) is 0 Å². The molecular formula is C13H6Cl3FN2S. The molecule has 1 heterocycles. The summed E-state index contributed by atoms with van der Waals surface area (Å²) in [4.78, 5) is 4.29. The van der Waals surface area contributed by atoms with Gasteiger partial charge in [-0.05, 0) is 24.3 Å². The van der Waals surface area contributed by atoms with Gasteiger partial charge in [-0.3, -0.25) is 0 Å². The molecule has 1 N–H and O–H groups in total. The summed E-state index contributed by atoms with van der Waals surface area (Å²) >= 11 is 19.4. The van der Waals surface area contributed by atoms with Crippen LogP contribution in [0.5, 0.6) is 0 Å². The van der Waals surface area contributed by atoms with Crippen molar-refractivity contribution < 1.29 is 4.39 Å². The highest BCUT2D eigenvalue weighted by Gasteiger charge is 2.11. The zero-order valence-corrected chi connectivity index (χ0v) is 12.8. The van der Waals surface area contributed by atoms with Crippen LogP contribution in [0.2, 0.25) is 15.1 Å². The number of nitrogens with one attached hydrogen (secondary N) is 1. The number of thiazole rings is 1. The molecule has 0 atom stereocenters. The van der Waals surface area contributed by atoms with Crippen LogP contribution in [0.3, 0.4) is 0 Å². The second-order valence-corrected chi connectivity index (χ2v) is 6.28. The molecule has 7 heteroatoms. The fourth-order valence-corrected chi connectivity index (χ4v) is 3.48. The molecule has 2 aromatic carbocycles. The molecule has 0 spiro atoms. The third-order valence-corrected chi connectivity index (χ3v) is 4.35. The molecule has 0 unspecified atom stereocenters. The highest BCUT2D eigenvalue weighted by Crippen LogP contribution is 2.37. The number of nitrogens with zero attached hydrogens (tertiary/aromatic N) is 1. The quantitative estimate of drug-likeness (QED) is 0.602. The summed E-state index contributed by atoms with van der Waals surface area (Å²) in [6.45, 7) is 0. The molecule has 0 amide bonds. The molecule has 1 aromatic heterocycles. The van der Waals surface area contributed by atoms with E-state index in [1.54, 1.807) is 18.2 Å². The number of hydrogen-bond acceptors (Lipinski definition) is 3. The van der Waals surface area contributed by atoms with Gasteiger partial charge in [0.05, 0.1) is 25.9 Å². The van der Waals surface area contributed by atoms with Crippen molar-refractivity contribution in [2.75, 3.05) is 5.32 Å². The first-order chi connectivity index (χ1) is 9.52. The Morgan fingerprint density at radius 1 is 1.05 bits per heavy atom. The average Bonchev–Trinajstić information content (AvgIpc) is 2.75. The van der Waals surface area contributed by atoms with Crippen LogP contribution in [-0.4, -0.2) is 4.98 Å². The number of halogens is 4. The van der Waals surface area contributed by atoms with Gasteiger partial charge in [0.1, 0.15) is 5.82 Å². The molecule has 2 nitrogen and oxygen atoms in total. The standard InChI is InChI=1S/C13H6Cl3FN2S/c14-6-3-8(15)12(9(16)4-6)19-13-18-10-5-7(17)1-2-11(10)20-13/h1-5H,(H,18,19). The number of rotatable bonds is 2. The lowest BCUT2D eigenvalue weighted by Gasteiger charge is -2.07. The first-order valence-corrected chi connectivity index (χ1v) is 7.45. The summed E-state index contributed by atoms with van der Waals surface area (Å²) in [6.07, 6.45) is 0. The van der Waals surface area contributed by atoms with Crippen molar-refractivity contribution in [3.05, 3.63) is 51.2 Å². The van der Waals surface area contributed by atoms with E-state index in [1.807, 2.05) is 0 Å². The monoisotopic (exact) mass is 346 g/mol. The summed E-state index contributed by atoms with van der Waals surface area (Å²) in [6, 6.07) is 7.63. The van der Waals surface area contributed by atoms with Crippen LogP contribution in [0.15, 0.2) is 30.3 Å². The zero-order valence-electron chi connectivity index (χ0n) is 9.75. The summed E-state index contributed by atoms with van der Waals surface area (Å²) in [7, 11) is 0. The SMILES string of the molecule is Fc1ccc2sc(Nc3c(Cl)cc(Cl)cc3Cl)nc2c1. The van der Waals surface area contributed by atoms with Crippen molar-refractivity contribution in [2.45, 2.75) is 0 Å². The minimum atomic E-state index is -0.322. The van der Waals surface area contributed by atoms with Gasteiger partial charge in [-0.15, -0.1) is 0 Å². The van der Waals surface area contributed by atoms with Gasteiger partial charge in [-0.2, -0.15) is 0 Å². The van der Waals surface area contributed by atoms with E-state index in [4.69, 9.17) is 34.8 Å². The number of benzene rings is 2. The maximum atomic E-state index is 13.1. The van der Waals surface area contributed by atoms with E-state index < -0.39 is 0 Å². The van der Waals surface area contributed by atoms with E-state index in [0.29, 0.717) is 31.4 Å². The molecule has 20 heavy (non-hydrogen) atoms. The lowest BCUT2D eigenvalue weighted by atomic mass is 10.3. The molecular weight excluding hydrogens is 342 g/mol. The second-order valence-electron chi connectivity index (χ2n) is 4.00. The lowest BCUT2D eigenvalue weighted by Crippen LogP contribution is -1.91. The van der Waals surface area contributed by atoms with Crippen molar-refractivity contribution in [2.24, 2.45) is 0 Å². The Kier molecular flexibility index (Phi) is 3.73. The number of anilines is 2. The maximum Gasteiger partial charge on any atom is 0.188 e. The molecule has 102 valence electrons. The van der Waals surface area contributed by atoms with Gasteiger partial charge >= 0.3 is 0 Å². The topological polar surface area (TPSA) is 24.9 Å². The molecule has 3 aromatic rings. The van der Waals surface area contributed by atoms with Gasteiger partial charge < -0.3 is 5.32 Å². The van der Waals surface area contributed by atoms with Crippen LogP contribution in [0.25, 0.3) is 10.2 Å². The van der Waals surface area contributed by atoms with Crippen molar-refractivity contribution in [3.63, 3.8) is 0 Å². The summed E-state index contributed by atoms with van der Waals surface area (Å²) < 4.78 is 14.0. The molecule has 0 aliphatic carbocycles. The molecule has 0 aliphatic rings. The van der Waals surface area contributed by atoms with Crippen LogP contribution in [0.1, 0.15) is 0 Å². The van der Waals surface area contributed by atoms with E-state index in [1.165, 1.54) is 23.5 Å². The Balaban J connectivity index is 2.01. The molecule has 0 radical (unpaired) electrons. The molecule has 0 bridgehead atoms. The molecule has 0 fully saturated rings. The third kappa shape index (κ3) is 2.69. The Hall–Kier alpha value is -1.07. The first kappa shape index (κ1) is 13.9. The van der Waals surface area contributed by atoms with Gasteiger partial charge in [0.25, 0.3) is 0 Å². The minimum absolute atomic E-state index is 0.322. The number of hydrogen-bond donors (Lipinski definition) is 1. The highest BCUT2D eigenvalue weighted by atomic mass is 35.5. The van der Waals surface area contributed by atoms with E-state index in [-0.39, 0.29) is 5.82 Å². The largest absolute Gasteiger partial charge is 0.329 e. The molecule has 3 rings (SSSR count). The normalized spacial score (nSPS) is 11.0. The molecule has 0 aliphatic heterocycles. The Morgan fingerprint density at radius 3 is 2.45 bits per heavy atom. The van der Waals surface area contributed by atoms with Crippen LogP contribution >= 0.6 is 46.1 Å². The second kappa shape index (κ2) is 5.37. The smallest absolute Gasteiger partial charge is 0.188 e. The van der Waals surface area contributed by atoms with E-state index in [2.05, 4.69) is 10.3 Å². The fourth-order valence-electron chi connectivity index (χ4n) is 1.72. The average molecular weight is 348 g/mol. The van der Waals surface area contributed by atoms with Crippen molar-refractivity contribution >= 4 is 67.2 Å². The summed E-state index contributed by atoms with van der Waals surface area (Å²) in [5, 5.41) is 4.87. The fraction of sp³-hybridized carbons (Fsp3) is 0. The third-order valence-electron chi connectivity index (χ3n) is 2.59. The maximum absolute atomic E-state index is 13.1. The van der Waals surface area contributed by atoms with Crippen molar-refractivity contribution in [3.8, 4) is 0 Å². The van der Waals surface area contributed by atoms with Gasteiger partial charge in [0.15, 0.2) is 5.13 Å². The van der Waals surface area contributed by atoms with Gasteiger partial charge in [-0.1, -0.05) is 46.1 Å². The van der Waals surface area contributed by atoms with Crippen LogP contribution in [0.4, 0.5) is 15.2 Å². The number of aromatic nitrogens is 1. The van der Waals surface area contributed by atoms with E-state index in [0.717, 1.165) is 4.70 Å². The number of fused-ring (bicyclic) bond motifs is 1. The Labute approximate surface area is 133 Å². The Morgan fingerprint density at radius 2 is 1.75 bits per heavy atom. The van der Waals surface area contributed by atoms with Crippen LogP contribution in [0, 0.1) is 5.82 Å². The van der Waals surface area contributed by atoms with Crippen LogP contribution < -0.4 is 5.32 Å². The predicted octanol–water partition coefficient (Wildman–Crippen LogP) is 6.14. The Bertz CT molecular complexity index is 780. The zero-order chi connectivity index (χ0) is 14.3. The summed E-state index contributed by atoms with van der Waals surface area (Å²) in [5.41, 5.74) is 1.11.